The first kappa shape index (κ1) is 16.6. The summed E-state index contributed by atoms with van der Waals surface area (Å²) in [5.41, 5.74) is 6.05. The molecular weight excluding hydrogens is 324 g/mol. The van der Waals surface area contributed by atoms with Crippen molar-refractivity contribution in [3.05, 3.63) is 74.6 Å². The molecule has 2 aromatic carbocycles. The maximum atomic E-state index is 12.9. The fraction of sp³-hybridized carbons (Fsp3) is 0.273. The van der Waals surface area contributed by atoms with Gasteiger partial charge in [-0.25, -0.2) is 0 Å². The maximum absolute atomic E-state index is 12.9. The Bertz CT molecular complexity index is 1100. The van der Waals surface area contributed by atoms with Crippen LogP contribution in [0.4, 0.5) is 5.69 Å². The van der Waals surface area contributed by atoms with E-state index in [0.717, 1.165) is 34.3 Å². The average molecular weight is 346 g/mol. The molecule has 0 saturated carbocycles. The van der Waals surface area contributed by atoms with E-state index < -0.39 is 0 Å². The number of nitrogens with zero attached hydrogens (tertiary/aromatic N) is 1. The fourth-order valence-electron chi connectivity index (χ4n) is 4.14. The van der Waals surface area contributed by atoms with Gasteiger partial charge in [0.05, 0.1) is 5.52 Å². The Morgan fingerprint density at radius 1 is 1.15 bits per heavy atom. The normalized spacial score (nSPS) is 15.5. The van der Waals surface area contributed by atoms with E-state index in [1.807, 2.05) is 45.0 Å². The van der Waals surface area contributed by atoms with E-state index in [2.05, 4.69) is 22.9 Å². The van der Waals surface area contributed by atoms with Gasteiger partial charge in [0.2, 0.25) is 5.43 Å². The van der Waals surface area contributed by atoms with Gasteiger partial charge in [-0.05, 0) is 56.9 Å². The van der Waals surface area contributed by atoms with Crippen LogP contribution in [0.15, 0.2) is 41.3 Å². The van der Waals surface area contributed by atoms with E-state index >= 15 is 0 Å². The first-order valence-corrected chi connectivity index (χ1v) is 8.92. The zero-order valence-corrected chi connectivity index (χ0v) is 15.5. The van der Waals surface area contributed by atoms with Crippen LogP contribution in [0.5, 0.6) is 0 Å². The molecule has 2 heterocycles. The van der Waals surface area contributed by atoms with Gasteiger partial charge >= 0.3 is 0 Å². The van der Waals surface area contributed by atoms with Crippen molar-refractivity contribution in [2.45, 2.75) is 40.2 Å². The summed E-state index contributed by atoms with van der Waals surface area (Å²) in [6, 6.07) is 10.1. The first-order chi connectivity index (χ1) is 12.4. The highest BCUT2D eigenvalue weighted by atomic mass is 16.2. The van der Waals surface area contributed by atoms with Crippen molar-refractivity contribution in [2.75, 3.05) is 5.32 Å². The summed E-state index contributed by atoms with van der Waals surface area (Å²) in [7, 11) is 0. The molecule has 0 aliphatic carbocycles. The van der Waals surface area contributed by atoms with Crippen molar-refractivity contribution in [2.24, 2.45) is 0 Å². The van der Waals surface area contributed by atoms with Crippen LogP contribution in [0.1, 0.15) is 45.6 Å². The Balaban J connectivity index is 1.83. The molecule has 1 aliphatic heterocycles. The van der Waals surface area contributed by atoms with E-state index in [9.17, 15) is 9.59 Å². The highest BCUT2D eigenvalue weighted by Crippen LogP contribution is 2.31. The van der Waals surface area contributed by atoms with Crippen LogP contribution in [0.2, 0.25) is 0 Å². The lowest BCUT2D eigenvalue weighted by Crippen LogP contribution is -2.24. The lowest BCUT2D eigenvalue weighted by molar-refractivity contribution is 0.102. The summed E-state index contributed by atoms with van der Waals surface area (Å²) in [5.74, 6) is -0.347. The summed E-state index contributed by atoms with van der Waals surface area (Å²) in [5, 5.41) is 3.58. The largest absolute Gasteiger partial charge is 0.343 e. The molecule has 4 nitrogen and oxygen atoms in total. The predicted octanol–water partition coefficient (Wildman–Crippen LogP) is 4.30. The SMILES string of the molecule is Cc1cc(C)c(NC(=O)c2cn3c4c(cccc4c2=O)C[C@H]3C)c(C)c1. The number of pyridine rings is 1. The van der Waals surface area contributed by atoms with Crippen molar-refractivity contribution >= 4 is 22.5 Å². The van der Waals surface area contributed by atoms with Crippen LogP contribution in [-0.2, 0) is 6.42 Å². The first-order valence-electron chi connectivity index (χ1n) is 8.92. The van der Waals surface area contributed by atoms with E-state index in [0.29, 0.717) is 5.39 Å². The van der Waals surface area contributed by atoms with Crippen LogP contribution in [0, 0.1) is 20.8 Å². The molecule has 0 spiro atoms. The van der Waals surface area contributed by atoms with Gasteiger partial charge in [0.1, 0.15) is 5.56 Å². The smallest absolute Gasteiger partial charge is 0.261 e. The van der Waals surface area contributed by atoms with E-state index in [1.165, 1.54) is 5.56 Å². The summed E-state index contributed by atoms with van der Waals surface area (Å²) in [6.45, 7) is 8.08. The van der Waals surface area contributed by atoms with Crippen molar-refractivity contribution < 1.29 is 4.79 Å². The zero-order valence-electron chi connectivity index (χ0n) is 15.5. The topological polar surface area (TPSA) is 51.1 Å². The number of aromatic nitrogens is 1. The van der Waals surface area contributed by atoms with Gasteiger partial charge in [-0.2, -0.15) is 0 Å². The molecule has 0 bridgehead atoms. The predicted molar refractivity (Wildman–Crippen MR) is 105 cm³/mol. The number of carbonyl (C=O) groups excluding carboxylic acids is 1. The highest BCUT2D eigenvalue weighted by molar-refractivity contribution is 6.06. The number of carbonyl (C=O) groups is 1. The third-order valence-electron chi connectivity index (χ3n) is 5.29. The number of rotatable bonds is 2. The molecule has 0 unspecified atom stereocenters. The Morgan fingerprint density at radius 3 is 2.54 bits per heavy atom. The Kier molecular flexibility index (Phi) is 3.72. The molecule has 132 valence electrons. The third kappa shape index (κ3) is 2.45. The number of amides is 1. The minimum absolute atomic E-state index is 0.197. The standard InChI is InChI=1S/C22H22N2O2/c1-12-8-13(2)19(14(3)9-12)23-22(26)18-11-24-15(4)10-16-6-5-7-17(20(16)24)21(18)25/h5-9,11,15H,10H2,1-4H3,(H,23,26)/t15-/m1/s1. The van der Waals surface area contributed by atoms with E-state index in [-0.39, 0.29) is 22.9 Å². The van der Waals surface area contributed by atoms with Crippen LogP contribution >= 0.6 is 0 Å². The Labute approximate surface area is 152 Å². The monoisotopic (exact) mass is 346 g/mol. The Hall–Kier alpha value is -2.88. The average Bonchev–Trinajstić information content (AvgIpc) is 2.90. The molecule has 26 heavy (non-hydrogen) atoms. The van der Waals surface area contributed by atoms with Gasteiger partial charge in [0.15, 0.2) is 0 Å². The van der Waals surface area contributed by atoms with Crippen LogP contribution in [-0.4, -0.2) is 10.5 Å². The summed E-state index contributed by atoms with van der Waals surface area (Å²) >= 11 is 0. The molecular formula is C22H22N2O2. The lowest BCUT2D eigenvalue weighted by Gasteiger charge is -2.15. The van der Waals surface area contributed by atoms with E-state index in [1.54, 1.807) is 6.20 Å². The number of anilines is 1. The van der Waals surface area contributed by atoms with Gasteiger partial charge in [-0.3, -0.25) is 9.59 Å². The maximum Gasteiger partial charge on any atom is 0.261 e. The van der Waals surface area contributed by atoms with Crippen LogP contribution < -0.4 is 10.7 Å². The molecule has 1 aromatic heterocycles. The molecule has 0 saturated heterocycles. The van der Waals surface area contributed by atoms with E-state index in [4.69, 9.17) is 0 Å². The molecule has 0 fully saturated rings. The second kappa shape index (κ2) is 5.84. The number of nitrogens with one attached hydrogen (secondary N) is 1. The number of hydrogen-bond acceptors (Lipinski definition) is 2. The number of benzene rings is 2. The number of hydrogen-bond donors (Lipinski definition) is 1. The Morgan fingerprint density at radius 2 is 1.85 bits per heavy atom. The van der Waals surface area contributed by atoms with Gasteiger partial charge < -0.3 is 9.88 Å². The minimum Gasteiger partial charge on any atom is -0.343 e. The van der Waals surface area contributed by atoms with Crippen molar-refractivity contribution in [3.63, 3.8) is 0 Å². The molecule has 3 aromatic rings. The number of aryl methyl sites for hydroxylation is 3. The molecule has 1 N–H and O–H groups in total. The molecule has 1 amide bonds. The minimum atomic E-state index is -0.347. The summed E-state index contributed by atoms with van der Waals surface area (Å²) < 4.78 is 2.07. The quantitative estimate of drug-likeness (QED) is 0.752. The van der Waals surface area contributed by atoms with Crippen molar-refractivity contribution in [1.82, 2.24) is 4.57 Å². The third-order valence-corrected chi connectivity index (χ3v) is 5.29. The van der Waals surface area contributed by atoms with Gasteiger partial charge in [-0.1, -0.05) is 29.8 Å². The van der Waals surface area contributed by atoms with Crippen LogP contribution in [0.25, 0.3) is 10.9 Å². The van der Waals surface area contributed by atoms with Gasteiger partial charge in [0, 0.05) is 23.3 Å². The zero-order chi connectivity index (χ0) is 18.6. The molecule has 1 aliphatic rings. The molecule has 4 rings (SSSR count). The molecule has 1 atom stereocenters. The van der Waals surface area contributed by atoms with Gasteiger partial charge in [0.25, 0.3) is 5.91 Å². The lowest BCUT2D eigenvalue weighted by atomic mass is 10.0. The number of para-hydroxylation sites is 1. The van der Waals surface area contributed by atoms with Crippen molar-refractivity contribution in [3.8, 4) is 0 Å². The second-order valence-electron chi connectivity index (χ2n) is 7.37. The highest BCUT2D eigenvalue weighted by Gasteiger charge is 2.24. The van der Waals surface area contributed by atoms with Gasteiger partial charge in [-0.15, -0.1) is 0 Å². The summed E-state index contributed by atoms with van der Waals surface area (Å²) in [6.07, 6.45) is 2.61. The molecule has 4 heteroatoms. The van der Waals surface area contributed by atoms with Crippen molar-refractivity contribution in [1.29, 1.82) is 0 Å². The molecule has 0 radical (unpaired) electrons. The second-order valence-corrected chi connectivity index (χ2v) is 7.37. The van der Waals surface area contributed by atoms with Crippen LogP contribution in [0.3, 0.4) is 0 Å². The fourth-order valence-corrected chi connectivity index (χ4v) is 4.14. The summed E-state index contributed by atoms with van der Waals surface area (Å²) in [4.78, 5) is 25.9.